The van der Waals surface area contributed by atoms with Crippen molar-refractivity contribution in [3.63, 3.8) is 0 Å². The fourth-order valence-electron chi connectivity index (χ4n) is 1.56. The van der Waals surface area contributed by atoms with Gasteiger partial charge < -0.3 is 10.3 Å². The summed E-state index contributed by atoms with van der Waals surface area (Å²) in [4.78, 5) is 4.33. The Labute approximate surface area is 105 Å². The number of aryl methyl sites for hydroxylation is 1. The smallest absolute Gasteiger partial charge is 0.258 e. The number of hydrogen-bond acceptors (Lipinski definition) is 4. The van der Waals surface area contributed by atoms with Crippen molar-refractivity contribution < 1.29 is 4.52 Å². The lowest BCUT2D eigenvalue weighted by Gasteiger charge is -2.01. The summed E-state index contributed by atoms with van der Waals surface area (Å²) in [5.74, 6) is 1.20. The highest BCUT2D eigenvalue weighted by atomic mass is 35.5. The second-order valence-corrected chi connectivity index (χ2v) is 4.23. The summed E-state index contributed by atoms with van der Waals surface area (Å²) in [6.07, 6.45) is 1.59. The highest BCUT2D eigenvalue weighted by molar-refractivity contribution is 6.31. The quantitative estimate of drug-likeness (QED) is 0.907. The summed E-state index contributed by atoms with van der Waals surface area (Å²) in [6, 6.07) is 5.63. The minimum absolute atomic E-state index is 0.511. The second-order valence-electron chi connectivity index (χ2n) is 3.82. The predicted octanol–water partition coefficient (Wildman–Crippen LogP) is 2.59. The first-order chi connectivity index (χ1) is 8.22. The van der Waals surface area contributed by atoms with Crippen LogP contribution < -0.4 is 5.73 Å². The molecule has 0 aliphatic heterocycles. The van der Waals surface area contributed by atoms with Gasteiger partial charge in [0.2, 0.25) is 0 Å². The van der Waals surface area contributed by atoms with Crippen LogP contribution in [0.1, 0.15) is 17.8 Å². The molecule has 1 aromatic heterocycles. The lowest BCUT2D eigenvalue weighted by molar-refractivity contribution is 0.421. The molecule has 0 aliphatic carbocycles. The Morgan fingerprint density at radius 3 is 3.00 bits per heavy atom. The zero-order valence-corrected chi connectivity index (χ0v) is 10.4. The third-order valence-electron chi connectivity index (χ3n) is 2.57. The van der Waals surface area contributed by atoms with Gasteiger partial charge in [0.25, 0.3) is 5.89 Å². The van der Waals surface area contributed by atoms with Crippen LogP contribution in [-0.2, 0) is 6.42 Å². The molecular formula is C12H14ClN3O. The van der Waals surface area contributed by atoms with E-state index in [2.05, 4.69) is 10.1 Å². The first-order valence-corrected chi connectivity index (χ1v) is 5.88. The summed E-state index contributed by atoms with van der Waals surface area (Å²) in [7, 11) is 0. The summed E-state index contributed by atoms with van der Waals surface area (Å²) in [5.41, 5.74) is 7.26. The van der Waals surface area contributed by atoms with Crippen LogP contribution in [0.15, 0.2) is 22.7 Å². The van der Waals surface area contributed by atoms with Crippen molar-refractivity contribution in [1.29, 1.82) is 0 Å². The van der Waals surface area contributed by atoms with E-state index in [1.54, 1.807) is 0 Å². The van der Waals surface area contributed by atoms with Crippen molar-refractivity contribution in [2.75, 3.05) is 6.54 Å². The van der Waals surface area contributed by atoms with Crippen molar-refractivity contribution >= 4 is 11.6 Å². The first kappa shape index (κ1) is 12.1. The van der Waals surface area contributed by atoms with E-state index in [9.17, 15) is 0 Å². The molecule has 5 heteroatoms. The van der Waals surface area contributed by atoms with Gasteiger partial charge in [-0.25, -0.2) is 0 Å². The third-order valence-corrected chi connectivity index (χ3v) is 2.98. The Hall–Kier alpha value is -1.39. The van der Waals surface area contributed by atoms with Gasteiger partial charge >= 0.3 is 0 Å². The number of rotatable bonds is 4. The first-order valence-electron chi connectivity index (χ1n) is 5.50. The molecule has 1 aromatic carbocycles. The molecule has 0 amide bonds. The van der Waals surface area contributed by atoms with Crippen LogP contribution in [0.2, 0.25) is 5.02 Å². The maximum atomic E-state index is 6.05. The number of hydrogen-bond donors (Lipinski definition) is 1. The molecule has 90 valence electrons. The van der Waals surface area contributed by atoms with Gasteiger partial charge in [-0.2, -0.15) is 4.98 Å². The Bertz CT molecular complexity index is 510. The molecule has 2 N–H and O–H groups in total. The molecular weight excluding hydrogens is 238 g/mol. The van der Waals surface area contributed by atoms with Crippen molar-refractivity contribution in [3.8, 4) is 11.5 Å². The van der Waals surface area contributed by atoms with E-state index in [0.29, 0.717) is 23.3 Å². The van der Waals surface area contributed by atoms with Crippen molar-refractivity contribution in [1.82, 2.24) is 10.1 Å². The van der Waals surface area contributed by atoms with Crippen molar-refractivity contribution in [2.45, 2.75) is 19.8 Å². The van der Waals surface area contributed by atoms with E-state index < -0.39 is 0 Å². The number of halogens is 1. The molecule has 0 fully saturated rings. The lowest BCUT2D eigenvalue weighted by atomic mass is 10.1. The van der Waals surface area contributed by atoms with E-state index in [0.717, 1.165) is 24.0 Å². The van der Waals surface area contributed by atoms with Gasteiger partial charge in [-0.15, -0.1) is 0 Å². The molecule has 2 rings (SSSR count). The fraction of sp³-hybridized carbons (Fsp3) is 0.333. The van der Waals surface area contributed by atoms with Crippen LogP contribution in [0.4, 0.5) is 0 Å². The van der Waals surface area contributed by atoms with Gasteiger partial charge in [-0.05, 0) is 37.6 Å². The van der Waals surface area contributed by atoms with Gasteiger partial charge in [0.15, 0.2) is 5.82 Å². The number of nitrogens with two attached hydrogens (primary N) is 1. The zero-order valence-electron chi connectivity index (χ0n) is 9.61. The Balaban J connectivity index is 2.27. The monoisotopic (exact) mass is 251 g/mol. The van der Waals surface area contributed by atoms with E-state index in [1.165, 1.54) is 0 Å². The highest BCUT2D eigenvalue weighted by Gasteiger charge is 2.12. The van der Waals surface area contributed by atoms with Crippen LogP contribution >= 0.6 is 11.6 Å². The summed E-state index contributed by atoms with van der Waals surface area (Å²) in [6.45, 7) is 2.56. The van der Waals surface area contributed by atoms with Crippen LogP contribution in [0.25, 0.3) is 11.5 Å². The van der Waals surface area contributed by atoms with Gasteiger partial charge in [-0.3, -0.25) is 0 Å². The molecule has 4 nitrogen and oxygen atoms in total. The molecule has 0 aliphatic rings. The molecule has 0 unspecified atom stereocenters. The van der Waals surface area contributed by atoms with Gasteiger partial charge in [0.1, 0.15) is 0 Å². The van der Waals surface area contributed by atoms with Crippen LogP contribution in [-0.4, -0.2) is 16.7 Å². The molecule has 1 heterocycles. The molecule has 0 radical (unpaired) electrons. The highest BCUT2D eigenvalue weighted by Crippen LogP contribution is 2.27. The molecule has 0 spiro atoms. The second kappa shape index (κ2) is 5.29. The molecule has 0 saturated heterocycles. The molecule has 17 heavy (non-hydrogen) atoms. The van der Waals surface area contributed by atoms with Crippen LogP contribution in [0, 0.1) is 6.92 Å². The Kier molecular flexibility index (Phi) is 3.76. The summed E-state index contributed by atoms with van der Waals surface area (Å²) in [5, 5.41) is 4.61. The molecule has 0 bridgehead atoms. The maximum absolute atomic E-state index is 6.05. The van der Waals surface area contributed by atoms with Gasteiger partial charge in [0, 0.05) is 17.0 Å². The van der Waals surface area contributed by atoms with Crippen molar-refractivity contribution in [2.24, 2.45) is 5.73 Å². The minimum atomic E-state index is 0.511. The van der Waals surface area contributed by atoms with Gasteiger partial charge in [0.05, 0.1) is 0 Å². The lowest BCUT2D eigenvalue weighted by Crippen LogP contribution is -2.01. The summed E-state index contributed by atoms with van der Waals surface area (Å²) < 4.78 is 5.22. The van der Waals surface area contributed by atoms with E-state index in [4.69, 9.17) is 21.9 Å². The molecule has 0 saturated carbocycles. The minimum Gasteiger partial charge on any atom is -0.334 e. The fourth-order valence-corrected chi connectivity index (χ4v) is 1.74. The van der Waals surface area contributed by atoms with E-state index in [1.807, 2.05) is 25.1 Å². The normalized spacial score (nSPS) is 10.8. The predicted molar refractivity (Wildman–Crippen MR) is 66.9 cm³/mol. The number of nitrogens with zero attached hydrogens (tertiary/aromatic N) is 2. The summed E-state index contributed by atoms with van der Waals surface area (Å²) >= 11 is 6.05. The molecule has 0 atom stereocenters. The topological polar surface area (TPSA) is 64.9 Å². The SMILES string of the molecule is Cc1c(Cl)cccc1-c1nc(CCCN)no1. The standard InChI is InChI=1S/C12H14ClN3O/c1-8-9(4-2-5-10(8)13)12-15-11(16-17-12)6-3-7-14/h2,4-5H,3,6-7,14H2,1H3. The van der Waals surface area contributed by atoms with E-state index >= 15 is 0 Å². The van der Waals surface area contributed by atoms with E-state index in [-0.39, 0.29) is 0 Å². The third kappa shape index (κ3) is 2.65. The average Bonchev–Trinajstić information content (AvgIpc) is 2.78. The zero-order chi connectivity index (χ0) is 12.3. The van der Waals surface area contributed by atoms with Crippen molar-refractivity contribution in [3.05, 3.63) is 34.6 Å². The Morgan fingerprint density at radius 2 is 2.24 bits per heavy atom. The van der Waals surface area contributed by atoms with Gasteiger partial charge in [-0.1, -0.05) is 22.8 Å². The number of benzene rings is 1. The maximum Gasteiger partial charge on any atom is 0.258 e. The van der Waals surface area contributed by atoms with Crippen LogP contribution in [0.5, 0.6) is 0 Å². The van der Waals surface area contributed by atoms with Crippen LogP contribution in [0.3, 0.4) is 0 Å². The molecule has 2 aromatic rings. The average molecular weight is 252 g/mol. The largest absolute Gasteiger partial charge is 0.334 e. The Morgan fingerprint density at radius 1 is 1.41 bits per heavy atom. The number of aromatic nitrogens is 2.